The molecule has 0 aliphatic carbocycles. The van der Waals surface area contributed by atoms with Crippen LogP contribution < -0.4 is 5.32 Å². The molecule has 0 aliphatic heterocycles. The number of carbonyl (C=O) groups excluding carboxylic acids is 2. The summed E-state index contributed by atoms with van der Waals surface area (Å²) in [5.74, 6) is -0.0606. The second-order valence-corrected chi connectivity index (χ2v) is 21.0. The molecule has 3 N–H and O–H groups in total. The van der Waals surface area contributed by atoms with E-state index in [0.717, 1.165) is 83.5 Å². The molecule has 68 heavy (non-hydrogen) atoms. The summed E-state index contributed by atoms with van der Waals surface area (Å²) in [6.07, 6.45) is 70.3. The van der Waals surface area contributed by atoms with Crippen LogP contribution in [-0.2, 0) is 14.3 Å². The highest BCUT2D eigenvalue weighted by Crippen LogP contribution is 2.18. The molecular weight excluding hydrogens is 839 g/mol. The van der Waals surface area contributed by atoms with Crippen LogP contribution in [0.5, 0.6) is 0 Å². The second kappa shape index (κ2) is 57.9. The van der Waals surface area contributed by atoms with E-state index in [1.807, 2.05) is 0 Å². The van der Waals surface area contributed by atoms with Crippen LogP contribution >= 0.6 is 0 Å². The first-order chi connectivity index (χ1) is 33.5. The predicted molar refractivity (Wildman–Crippen MR) is 296 cm³/mol. The minimum absolute atomic E-state index is 0.0126. The van der Waals surface area contributed by atoms with Crippen LogP contribution in [-0.4, -0.2) is 47.4 Å². The standard InChI is InChI=1S/C62H119NO5/c1-3-5-7-9-11-13-15-17-19-20-21-22-24-27-30-34-38-42-46-50-54-60(65)59(58-64)63-61(66)55-51-47-43-39-35-31-28-25-23-26-29-33-37-41-45-49-53-57-68-62(67)56-52-48-44-40-36-32-18-16-14-12-10-8-6-4-2/h23,26,33,37,59-60,64-65H,3-22,24-25,27-32,34-36,38-58H2,1-2H3,(H,63,66)/b26-23-,37-33-. The van der Waals surface area contributed by atoms with Crippen molar-refractivity contribution in [1.82, 2.24) is 5.32 Å². The summed E-state index contributed by atoms with van der Waals surface area (Å²) in [4.78, 5) is 24.5. The summed E-state index contributed by atoms with van der Waals surface area (Å²) < 4.78 is 5.46. The molecule has 0 bridgehead atoms. The van der Waals surface area contributed by atoms with Gasteiger partial charge in [0.25, 0.3) is 0 Å². The van der Waals surface area contributed by atoms with Crippen molar-refractivity contribution in [3.63, 3.8) is 0 Å². The van der Waals surface area contributed by atoms with Gasteiger partial charge in [-0.05, 0) is 64.2 Å². The van der Waals surface area contributed by atoms with Gasteiger partial charge in [0.1, 0.15) is 0 Å². The van der Waals surface area contributed by atoms with E-state index in [4.69, 9.17) is 4.74 Å². The Labute approximate surface area is 424 Å². The highest BCUT2D eigenvalue weighted by molar-refractivity contribution is 5.76. The second-order valence-electron chi connectivity index (χ2n) is 21.0. The highest BCUT2D eigenvalue weighted by atomic mass is 16.5. The van der Waals surface area contributed by atoms with Gasteiger partial charge in [0.2, 0.25) is 5.91 Å². The quantitative estimate of drug-likeness (QED) is 0.0321. The van der Waals surface area contributed by atoms with Crippen LogP contribution in [0.2, 0.25) is 0 Å². The molecule has 0 aliphatic rings. The highest BCUT2D eigenvalue weighted by Gasteiger charge is 2.20. The number of carbonyl (C=O) groups is 2. The summed E-state index contributed by atoms with van der Waals surface area (Å²) in [6, 6.07) is -0.554. The van der Waals surface area contributed by atoms with E-state index in [2.05, 4.69) is 43.5 Å². The van der Waals surface area contributed by atoms with Gasteiger partial charge in [0.05, 0.1) is 25.4 Å². The van der Waals surface area contributed by atoms with Crippen LogP contribution in [0.4, 0.5) is 0 Å². The molecule has 0 rings (SSSR count). The number of unbranched alkanes of at least 4 members (excludes halogenated alkanes) is 42. The number of esters is 1. The topological polar surface area (TPSA) is 95.9 Å². The molecule has 0 spiro atoms. The summed E-state index contributed by atoms with van der Waals surface area (Å²) in [5.41, 5.74) is 0. The van der Waals surface area contributed by atoms with Gasteiger partial charge in [-0.15, -0.1) is 0 Å². The normalized spacial score (nSPS) is 12.7. The number of nitrogens with one attached hydrogen (secondary N) is 1. The van der Waals surface area contributed by atoms with Crippen molar-refractivity contribution in [2.45, 2.75) is 347 Å². The molecule has 2 unspecified atom stereocenters. The Balaban J connectivity index is 3.48. The maximum absolute atomic E-state index is 12.5. The summed E-state index contributed by atoms with van der Waals surface area (Å²) in [6.45, 7) is 4.93. The average molecular weight is 959 g/mol. The first-order valence-electron chi connectivity index (χ1n) is 30.6. The maximum atomic E-state index is 12.5. The lowest BCUT2D eigenvalue weighted by Crippen LogP contribution is -2.45. The number of amides is 1. The molecule has 6 heteroatoms. The van der Waals surface area contributed by atoms with Crippen LogP contribution in [0.1, 0.15) is 335 Å². The average Bonchev–Trinajstić information content (AvgIpc) is 3.34. The zero-order valence-electron chi connectivity index (χ0n) is 45.9. The van der Waals surface area contributed by atoms with Gasteiger partial charge in [-0.3, -0.25) is 9.59 Å². The van der Waals surface area contributed by atoms with Crippen molar-refractivity contribution in [3.8, 4) is 0 Å². The van der Waals surface area contributed by atoms with Gasteiger partial charge in [-0.2, -0.15) is 0 Å². The van der Waals surface area contributed by atoms with Crippen molar-refractivity contribution in [1.29, 1.82) is 0 Å². The minimum Gasteiger partial charge on any atom is -0.466 e. The van der Waals surface area contributed by atoms with E-state index in [1.165, 1.54) is 218 Å². The Morgan fingerprint density at radius 1 is 0.412 bits per heavy atom. The van der Waals surface area contributed by atoms with Crippen molar-refractivity contribution in [2.75, 3.05) is 13.2 Å². The number of rotatable bonds is 57. The first-order valence-corrected chi connectivity index (χ1v) is 30.6. The zero-order chi connectivity index (χ0) is 49.3. The van der Waals surface area contributed by atoms with Crippen LogP contribution in [0.3, 0.4) is 0 Å². The van der Waals surface area contributed by atoms with Crippen LogP contribution in [0.25, 0.3) is 0 Å². The van der Waals surface area contributed by atoms with E-state index in [-0.39, 0.29) is 18.5 Å². The molecule has 0 saturated heterocycles. The molecular formula is C62H119NO5. The zero-order valence-corrected chi connectivity index (χ0v) is 45.9. The smallest absolute Gasteiger partial charge is 0.305 e. The Morgan fingerprint density at radius 3 is 1.12 bits per heavy atom. The maximum Gasteiger partial charge on any atom is 0.305 e. The molecule has 0 aromatic carbocycles. The molecule has 0 aromatic rings. The van der Waals surface area contributed by atoms with Gasteiger partial charge in [0.15, 0.2) is 0 Å². The molecule has 2 atom stereocenters. The van der Waals surface area contributed by atoms with Gasteiger partial charge >= 0.3 is 5.97 Å². The van der Waals surface area contributed by atoms with Crippen molar-refractivity contribution in [3.05, 3.63) is 24.3 Å². The Bertz CT molecular complexity index is 1060. The van der Waals surface area contributed by atoms with E-state index < -0.39 is 12.1 Å². The number of aliphatic hydroxyl groups is 2. The fourth-order valence-electron chi connectivity index (χ4n) is 9.55. The predicted octanol–water partition coefficient (Wildman–Crippen LogP) is 19.0. The van der Waals surface area contributed by atoms with E-state index in [1.54, 1.807) is 0 Å². The van der Waals surface area contributed by atoms with Crippen molar-refractivity contribution in [2.24, 2.45) is 0 Å². The lowest BCUT2D eigenvalue weighted by atomic mass is 10.0. The molecule has 0 saturated carbocycles. The van der Waals surface area contributed by atoms with Gasteiger partial charge < -0.3 is 20.3 Å². The fourth-order valence-corrected chi connectivity index (χ4v) is 9.55. The molecule has 0 aromatic heterocycles. The molecule has 0 heterocycles. The van der Waals surface area contributed by atoms with Crippen molar-refractivity contribution >= 4 is 11.9 Å². The SMILES string of the molecule is CCCCCCCCCCCCCCCCCCCCCCC(O)C(CO)NC(=O)CCCCCCCCC/C=C\C/C=C\CCCCCOC(=O)CCCCCCCCCCCCCCCC. The molecule has 1 amide bonds. The Hall–Kier alpha value is -1.66. The van der Waals surface area contributed by atoms with Crippen LogP contribution in [0.15, 0.2) is 24.3 Å². The number of aliphatic hydroxyl groups excluding tert-OH is 2. The lowest BCUT2D eigenvalue weighted by molar-refractivity contribution is -0.143. The first kappa shape index (κ1) is 66.3. The largest absolute Gasteiger partial charge is 0.466 e. The number of hydrogen-bond acceptors (Lipinski definition) is 5. The number of ether oxygens (including phenoxy) is 1. The van der Waals surface area contributed by atoms with E-state index in [0.29, 0.717) is 25.9 Å². The van der Waals surface area contributed by atoms with Crippen LogP contribution in [0, 0.1) is 0 Å². The summed E-state index contributed by atoms with van der Waals surface area (Å²) in [5, 5.41) is 23.3. The Kier molecular flexibility index (Phi) is 56.5. The van der Waals surface area contributed by atoms with Crippen molar-refractivity contribution < 1.29 is 24.5 Å². The van der Waals surface area contributed by atoms with Gasteiger partial charge in [-0.25, -0.2) is 0 Å². The minimum atomic E-state index is -0.675. The fraction of sp³-hybridized carbons (Fsp3) is 0.903. The molecule has 6 nitrogen and oxygen atoms in total. The third-order valence-corrected chi connectivity index (χ3v) is 14.3. The third-order valence-electron chi connectivity index (χ3n) is 14.3. The monoisotopic (exact) mass is 958 g/mol. The number of allylic oxidation sites excluding steroid dienone is 4. The van der Waals surface area contributed by atoms with Gasteiger partial charge in [-0.1, -0.05) is 282 Å². The summed E-state index contributed by atoms with van der Waals surface area (Å²) >= 11 is 0. The summed E-state index contributed by atoms with van der Waals surface area (Å²) in [7, 11) is 0. The Morgan fingerprint density at radius 2 is 0.735 bits per heavy atom. The number of hydrogen-bond donors (Lipinski definition) is 3. The van der Waals surface area contributed by atoms with E-state index in [9.17, 15) is 19.8 Å². The molecule has 0 radical (unpaired) electrons. The molecule has 0 fully saturated rings. The van der Waals surface area contributed by atoms with Gasteiger partial charge in [0, 0.05) is 12.8 Å². The third kappa shape index (κ3) is 53.7. The molecule has 402 valence electrons. The lowest BCUT2D eigenvalue weighted by Gasteiger charge is -2.22. The van der Waals surface area contributed by atoms with E-state index >= 15 is 0 Å².